The van der Waals surface area contributed by atoms with E-state index >= 15 is 0 Å². The van der Waals surface area contributed by atoms with Crippen LogP contribution in [0.4, 0.5) is 4.39 Å². The Labute approximate surface area is 221 Å². The number of carbonyl (C=O) groups is 1. The zero-order valence-electron chi connectivity index (χ0n) is 21.7. The highest BCUT2D eigenvalue weighted by molar-refractivity contribution is 5.95. The van der Waals surface area contributed by atoms with Crippen molar-refractivity contribution >= 4 is 16.7 Å². The van der Waals surface area contributed by atoms with Gasteiger partial charge in [-0.1, -0.05) is 54.1 Å². The molecule has 0 unspecified atom stereocenters. The Morgan fingerprint density at radius 2 is 1.76 bits per heavy atom. The van der Waals surface area contributed by atoms with Crippen molar-refractivity contribution in [1.29, 1.82) is 0 Å². The summed E-state index contributed by atoms with van der Waals surface area (Å²) in [5, 5.41) is 8.11. The largest absolute Gasteiger partial charge is 0.338 e. The van der Waals surface area contributed by atoms with Crippen LogP contribution in [0, 0.1) is 18.2 Å². The summed E-state index contributed by atoms with van der Waals surface area (Å²) < 4.78 is 14.9. The predicted octanol–water partition coefficient (Wildman–Crippen LogP) is 6.15. The molecule has 0 atom stereocenters. The lowest BCUT2D eigenvalue weighted by Gasteiger charge is -2.37. The van der Waals surface area contributed by atoms with Gasteiger partial charge in [0.05, 0.1) is 16.6 Å². The molecular formula is C32H32FN3O2. The third-order valence-corrected chi connectivity index (χ3v) is 8.73. The van der Waals surface area contributed by atoms with Gasteiger partial charge in [0, 0.05) is 24.9 Å². The van der Waals surface area contributed by atoms with Crippen molar-refractivity contribution < 1.29 is 9.18 Å². The van der Waals surface area contributed by atoms with Gasteiger partial charge in [-0.25, -0.2) is 9.49 Å². The van der Waals surface area contributed by atoms with Gasteiger partial charge in [0.1, 0.15) is 5.82 Å². The number of nitrogens with zero attached hydrogens (tertiary/aromatic N) is 2. The lowest BCUT2D eigenvalue weighted by atomic mass is 9.68. The molecule has 2 heterocycles. The van der Waals surface area contributed by atoms with Crippen LogP contribution in [0.25, 0.3) is 10.8 Å². The minimum absolute atomic E-state index is 0.113. The molecule has 1 amide bonds. The molecule has 38 heavy (non-hydrogen) atoms. The summed E-state index contributed by atoms with van der Waals surface area (Å²) in [5.74, 6) is -0.152. The highest BCUT2D eigenvalue weighted by Crippen LogP contribution is 2.48. The van der Waals surface area contributed by atoms with E-state index in [-0.39, 0.29) is 22.4 Å². The number of benzene rings is 3. The van der Waals surface area contributed by atoms with E-state index in [1.807, 2.05) is 23.1 Å². The Hall–Kier alpha value is -3.80. The molecule has 4 aromatic rings. The summed E-state index contributed by atoms with van der Waals surface area (Å²) in [4.78, 5) is 27.5. The van der Waals surface area contributed by atoms with Crippen molar-refractivity contribution in [2.45, 2.75) is 51.4 Å². The second kappa shape index (κ2) is 9.82. The van der Waals surface area contributed by atoms with Crippen LogP contribution in [0.15, 0.2) is 71.5 Å². The monoisotopic (exact) mass is 509 g/mol. The average molecular weight is 510 g/mol. The van der Waals surface area contributed by atoms with Gasteiger partial charge in [-0.3, -0.25) is 9.59 Å². The molecule has 1 aliphatic heterocycles. The number of likely N-dealkylation sites (tertiary alicyclic amines) is 1. The van der Waals surface area contributed by atoms with E-state index < -0.39 is 5.82 Å². The molecule has 6 heteroatoms. The Kier molecular flexibility index (Phi) is 6.34. The Balaban J connectivity index is 1.16. The van der Waals surface area contributed by atoms with Crippen LogP contribution in [0.5, 0.6) is 0 Å². The molecule has 2 fully saturated rings. The number of aryl methyl sites for hydroxylation is 1. The van der Waals surface area contributed by atoms with E-state index in [0.29, 0.717) is 36.5 Å². The van der Waals surface area contributed by atoms with Crippen LogP contribution in [-0.2, 0) is 6.42 Å². The Morgan fingerprint density at radius 3 is 2.53 bits per heavy atom. The standard InChI is InChI=1S/C32H32FN3O2/c1-21-6-9-23(10-7-21)24-12-14-32(15-13-24)16-17-36(20-32)31(38)27-18-22(8-11-28(27)33)19-29-25-4-2-3-5-26(25)30(37)35-34-29/h2-11,18,24H,12-17,19-20H2,1H3,(H,35,37). The molecule has 3 aromatic carbocycles. The fourth-order valence-electron chi connectivity index (χ4n) is 6.43. The van der Waals surface area contributed by atoms with Gasteiger partial charge in [0.25, 0.3) is 11.5 Å². The van der Waals surface area contributed by atoms with Crippen molar-refractivity contribution in [2.24, 2.45) is 5.41 Å². The fourth-order valence-corrected chi connectivity index (χ4v) is 6.43. The molecule has 0 bridgehead atoms. The number of fused-ring (bicyclic) bond motifs is 1. The van der Waals surface area contributed by atoms with Crippen LogP contribution in [0.3, 0.4) is 0 Å². The predicted molar refractivity (Wildman–Crippen MR) is 147 cm³/mol. The van der Waals surface area contributed by atoms with E-state index in [0.717, 1.165) is 43.1 Å². The maximum absolute atomic E-state index is 14.9. The second-order valence-corrected chi connectivity index (χ2v) is 11.2. The number of amides is 1. The Bertz CT molecular complexity index is 1550. The summed E-state index contributed by atoms with van der Waals surface area (Å²) in [5.41, 5.74) is 4.19. The van der Waals surface area contributed by atoms with Crippen molar-refractivity contribution in [3.63, 3.8) is 0 Å². The fraction of sp³-hybridized carbons (Fsp3) is 0.344. The van der Waals surface area contributed by atoms with E-state index in [9.17, 15) is 14.0 Å². The van der Waals surface area contributed by atoms with Gasteiger partial charge < -0.3 is 4.90 Å². The van der Waals surface area contributed by atoms with E-state index in [1.54, 1.807) is 18.2 Å². The molecule has 1 N–H and O–H groups in total. The molecule has 6 rings (SSSR count). The van der Waals surface area contributed by atoms with Gasteiger partial charge in [-0.2, -0.15) is 5.10 Å². The molecule has 1 aliphatic carbocycles. The highest BCUT2D eigenvalue weighted by atomic mass is 19.1. The summed E-state index contributed by atoms with van der Waals surface area (Å²) in [7, 11) is 0. The lowest BCUT2D eigenvalue weighted by molar-refractivity contribution is 0.0751. The van der Waals surface area contributed by atoms with Gasteiger partial charge in [0.2, 0.25) is 0 Å². The van der Waals surface area contributed by atoms with E-state index in [4.69, 9.17) is 0 Å². The summed E-state index contributed by atoms with van der Waals surface area (Å²) in [6.07, 6.45) is 5.84. The molecule has 5 nitrogen and oxygen atoms in total. The number of hydrogen-bond acceptors (Lipinski definition) is 3. The van der Waals surface area contributed by atoms with Gasteiger partial charge in [-0.05, 0) is 79.7 Å². The van der Waals surface area contributed by atoms with Crippen molar-refractivity contribution in [1.82, 2.24) is 15.1 Å². The Morgan fingerprint density at radius 1 is 1.03 bits per heavy atom. The van der Waals surface area contributed by atoms with Crippen molar-refractivity contribution in [2.75, 3.05) is 13.1 Å². The van der Waals surface area contributed by atoms with Crippen LogP contribution in [0.2, 0.25) is 0 Å². The topological polar surface area (TPSA) is 66.1 Å². The molecule has 1 aromatic heterocycles. The SMILES string of the molecule is Cc1ccc(C2CCC3(CC2)CCN(C(=O)c2cc(Cc4n[nH]c(=O)c5ccccc45)ccc2F)C3)cc1. The summed E-state index contributed by atoms with van der Waals surface area (Å²) in [6.45, 7) is 3.48. The van der Waals surface area contributed by atoms with Crippen molar-refractivity contribution in [3.8, 4) is 0 Å². The van der Waals surface area contributed by atoms with Crippen LogP contribution in [0.1, 0.15) is 70.8 Å². The van der Waals surface area contributed by atoms with Gasteiger partial charge >= 0.3 is 0 Å². The molecule has 2 aliphatic rings. The second-order valence-electron chi connectivity index (χ2n) is 11.2. The number of aromatic amines is 1. The maximum atomic E-state index is 14.9. The first kappa shape index (κ1) is 24.5. The van der Waals surface area contributed by atoms with E-state index in [2.05, 4.69) is 41.4 Å². The quantitative estimate of drug-likeness (QED) is 0.359. The van der Waals surface area contributed by atoms with Crippen LogP contribution < -0.4 is 5.56 Å². The first-order valence-corrected chi connectivity index (χ1v) is 13.5. The lowest BCUT2D eigenvalue weighted by Crippen LogP contribution is -2.34. The van der Waals surface area contributed by atoms with Crippen molar-refractivity contribution in [3.05, 3.63) is 111 Å². The zero-order valence-corrected chi connectivity index (χ0v) is 21.7. The highest BCUT2D eigenvalue weighted by Gasteiger charge is 2.43. The van der Waals surface area contributed by atoms with E-state index in [1.165, 1.54) is 17.2 Å². The minimum Gasteiger partial charge on any atom is -0.338 e. The number of nitrogens with one attached hydrogen (secondary N) is 1. The van der Waals surface area contributed by atoms with Crippen LogP contribution in [-0.4, -0.2) is 34.1 Å². The molecule has 0 radical (unpaired) electrons. The summed E-state index contributed by atoms with van der Waals surface area (Å²) in [6, 6.07) is 20.9. The minimum atomic E-state index is -0.498. The molecular weight excluding hydrogens is 477 g/mol. The molecule has 1 saturated carbocycles. The molecule has 194 valence electrons. The first-order chi connectivity index (χ1) is 18.4. The normalized spacial score (nSPS) is 21.3. The average Bonchev–Trinajstić information content (AvgIpc) is 3.35. The number of carbonyl (C=O) groups excluding carboxylic acids is 1. The zero-order chi connectivity index (χ0) is 26.3. The van der Waals surface area contributed by atoms with Gasteiger partial charge in [-0.15, -0.1) is 0 Å². The maximum Gasteiger partial charge on any atom is 0.272 e. The third kappa shape index (κ3) is 4.64. The number of rotatable bonds is 4. The summed E-state index contributed by atoms with van der Waals surface area (Å²) >= 11 is 0. The number of halogens is 1. The molecule has 1 spiro atoms. The third-order valence-electron chi connectivity index (χ3n) is 8.73. The molecule has 1 saturated heterocycles. The number of aromatic nitrogens is 2. The smallest absolute Gasteiger partial charge is 0.272 e. The first-order valence-electron chi connectivity index (χ1n) is 13.5. The number of hydrogen-bond donors (Lipinski definition) is 1. The number of H-pyrrole nitrogens is 1. The van der Waals surface area contributed by atoms with Gasteiger partial charge in [0.15, 0.2) is 0 Å². The van der Waals surface area contributed by atoms with Crippen LogP contribution >= 0.6 is 0 Å².